The standard InChI is InChI=1S/C15H30N2O2/c1-4-15(5-2)11-13(8-10-19-15)17-14(18)12(3)7-6-9-16/h12-13H,4-11,16H2,1-3H3,(H,17,18). The highest BCUT2D eigenvalue weighted by atomic mass is 16.5. The lowest BCUT2D eigenvalue weighted by Gasteiger charge is -2.40. The summed E-state index contributed by atoms with van der Waals surface area (Å²) >= 11 is 0. The number of hydrogen-bond donors (Lipinski definition) is 2. The Morgan fingerprint density at radius 1 is 1.47 bits per heavy atom. The molecule has 4 nitrogen and oxygen atoms in total. The van der Waals surface area contributed by atoms with E-state index in [-0.39, 0.29) is 23.5 Å². The summed E-state index contributed by atoms with van der Waals surface area (Å²) in [4.78, 5) is 12.1. The molecule has 112 valence electrons. The molecule has 2 atom stereocenters. The lowest BCUT2D eigenvalue weighted by molar-refractivity contribution is -0.129. The van der Waals surface area contributed by atoms with Crippen molar-refractivity contribution in [3.05, 3.63) is 0 Å². The van der Waals surface area contributed by atoms with E-state index >= 15 is 0 Å². The molecule has 1 amide bonds. The molecule has 1 aliphatic rings. The van der Waals surface area contributed by atoms with Gasteiger partial charge in [0.2, 0.25) is 5.91 Å². The predicted octanol–water partition coefficient (Wildman–Crippen LogP) is 2.22. The Morgan fingerprint density at radius 2 is 2.16 bits per heavy atom. The maximum absolute atomic E-state index is 12.1. The van der Waals surface area contributed by atoms with Crippen LogP contribution in [0.15, 0.2) is 0 Å². The minimum Gasteiger partial charge on any atom is -0.375 e. The average Bonchev–Trinajstić information content (AvgIpc) is 2.44. The molecule has 19 heavy (non-hydrogen) atoms. The third kappa shape index (κ3) is 4.77. The summed E-state index contributed by atoms with van der Waals surface area (Å²) < 4.78 is 5.93. The highest BCUT2D eigenvalue weighted by molar-refractivity contribution is 5.78. The van der Waals surface area contributed by atoms with Gasteiger partial charge in [0.25, 0.3) is 0 Å². The van der Waals surface area contributed by atoms with Gasteiger partial charge in [0, 0.05) is 18.6 Å². The zero-order chi connectivity index (χ0) is 14.3. The van der Waals surface area contributed by atoms with Gasteiger partial charge in [-0.05, 0) is 45.1 Å². The van der Waals surface area contributed by atoms with Gasteiger partial charge in [-0.3, -0.25) is 4.79 Å². The Bertz CT molecular complexity index is 277. The van der Waals surface area contributed by atoms with Crippen molar-refractivity contribution in [3.63, 3.8) is 0 Å². The number of nitrogens with two attached hydrogens (primary N) is 1. The van der Waals surface area contributed by atoms with Gasteiger partial charge >= 0.3 is 0 Å². The predicted molar refractivity (Wildman–Crippen MR) is 77.9 cm³/mol. The smallest absolute Gasteiger partial charge is 0.223 e. The van der Waals surface area contributed by atoms with Gasteiger partial charge in [0.05, 0.1) is 5.60 Å². The van der Waals surface area contributed by atoms with Crippen molar-refractivity contribution in [1.29, 1.82) is 0 Å². The number of carbonyl (C=O) groups is 1. The number of amides is 1. The molecule has 3 N–H and O–H groups in total. The molecule has 1 fully saturated rings. The number of ether oxygens (including phenoxy) is 1. The Morgan fingerprint density at radius 3 is 2.74 bits per heavy atom. The summed E-state index contributed by atoms with van der Waals surface area (Å²) in [5.41, 5.74) is 5.45. The quantitative estimate of drug-likeness (QED) is 0.745. The summed E-state index contributed by atoms with van der Waals surface area (Å²) in [5, 5.41) is 3.19. The van der Waals surface area contributed by atoms with Crippen molar-refractivity contribution >= 4 is 5.91 Å². The number of rotatable bonds is 7. The first kappa shape index (κ1) is 16.4. The summed E-state index contributed by atoms with van der Waals surface area (Å²) in [5.74, 6) is 0.227. The molecule has 2 unspecified atom stereocenters. The molecular formula is C15H30N2O2. The van der Waals surface area contributed by atoms with Crippen molar-refractivity contribution in [2.24, 2.45) is 11.7 Å². The van der Waals surface area contributed by atoms with Gasteiger partial charge in [-0.1, -0.05) is 20.8 Å². The molecule has 1 rings (SSSR count). The van der Waals surface area contributed by atoms with Crippen molar-refractivity contribution in [3.8, 4) is 0 Å². The molecule has 0 radical (unpaired) electrons. The van der Waals surface area contributed by atoms with Gasteiger partial charge < -0.3 is 15.8 Å². The van der Waals surface area contributed by atoms with Crippen LogP contribution in [0.2, 0.25) is 0 Å². The third-order valence-corrected chi connectivity index (χ3v) is 4.42. The monoisotopic (exact) mass is 270 g/mol. The molecule has 1 heterocycles. The fraction of sp³-hybridized carbons (Fsp3) is 0.933. The topological polar surface area (TPSA) is 64.4 Å². The van der Waals surface area contributed by atoms with Gasteiger partial charge in [-0.15, -0.1) is 0 Å². The van der Waals surface area contributed by atoms with Gasteiger partial charge in [0.15, 0.2) is 0 Å². The van der Waals surface area contributed by atoms with Gasteiger partial charge in [-0.25, -0.2) is 0 Å². The first-order valence-electron chi connectivity index (χ1n) is 7.71. The largest absolute Gasteiger partial charge is 0.375 e. The molecule has 1 saturated heterocycles. The van der Waals surface area contributed by atoms with E-state index in [9.17, 15) is 4.79 Å². The second-order valence-corrected chi connectivity index (χ2v) is 5.77. The molecule has 1 aliphatic heterocycles. The van der Waals surface area contributed by atoms with E-state index in [2.05, 4.69) is 19.2 Å². The van der Waals surface area contributed by atoms with Crippen molar-refractivity contribution in [2.75, 3.05) is 13.2 Å². The molecule has 0 aromatic heterocycles. The number of carbonyl (C=O) groups excluding carboxylic acids is 1. The molecule has 0 aromatic carbocycles. The minimum absolute atomic E-state index is 0.0311. The normalized spacial score (nSPS) is 23.9. The second-order valence-electron chi connectivity index (χ2n) is 5.77. The van der Waals surface area contributed by atoms with Gasteiger partial charge in [-0.2, -0.15) is 0 Å². The van der Waals surface area contributed by atoms with Crippen molar-refractivity contribution in [1.82, 2.24) is 5.32 Å². The van der Waals surface area contributed by atoms with E-state index in [4.69, 9.17) is 10.5 Å². The zero-order valence-electron chi connectivity index (χ0n) is 12.7. The fourth-order valence-corrected chi connectivity index (χ4v) is 2.79. The second kappa shape index (κ2) is 7.85. The molecule has 0 aliphatic carbocycles. The van der Waals surface area contributed by atoms with Crippen LogP contribution in [0.3, 0.4) is 0 Å². The molecule has 0 bridgehead atoms. The van der Waals surface area contributed by atoms with Crippen molar-refractivity contribution < 1.29 is 9.53 Å². The number of nitrogens with one attached hydrogen (secondary N) is 1. The van der Waals surface area contributed by atoms with E-state index in [0.717, 1.165) is 45.1 Å². The first-order valence-corrected chi connectivity index (χ1v) is 7.71. The van der Waals surface area contributed by atoms with Crippen LogP contribution in [0.25, 0.3) is 0 Å². The highest BCUT2D eigenvalue weighted by Crippen LogP contribution is 2.31. The Labute approximate surface area is 117 Å². The van der Waals surface area contributed by atoms with Crippen LogP contribution in [-0.2, 0) is 9.53 Å². The average molecular weight is 270 g/mol. The van der Waals surface area contributed by atoms with Crippen LogP contribution >= 0.6 is 0 Å². The lowest BCUT2D eigenvalue weighted by Crippen LogP contribution is -2.49. The van der Waals surface area contributed by atoms with E-state index < -0.39 is 0 Å². The number of hydrogen-bond acceptors (Lipinski definition) is 3. The van der Waals surface area contributed by atoms with E-state index in [1.807, 2.05) is 6.92 Å². The van der Waals surface area contributed by atoms with Crippen LogP contribution in [0, 0.1) is 5.92 Å². The Kier molecular flexibility index (Phi) is 6.80. The van der Waals surface area contributed by atoms with Gasteiger partial charge in [0.1, 0.15) is 0 Å². The maximum atomic E-state index is 12.1. The van der Waals surface area contributed by atoms with E-state index in [0.29, 0.717) is 6.54 Å². The summed E-state index contributed by atoms with van der Waals surface area (Å²) in [6.07, 6.45) is 5.68. The summed E-state index contributed by atoms with van der Waals surface area (Å²) in [7, 11) is 0. The van der Waals surface area contributed by atoms with E-state index in [1.54, 1.807) is 0 Å². The summed E-state index contributed by atoms with van der Waals surface area (Å²) in [6, 6.07) is 0.265. The molecule has 0 aromatic rings. The highest BCUT2D eigenvalue weighted by Gasteiger charge is 2.35. The van der Waals surface area contributed by atoms with Crippen LogP contribution in [-0.4, -0.2) is 30.7 Å². The first-order chi connectivity index (χ1) is 9.06. The molecule has 0 saturated carbocycles. The zero-order valence-corrected chi connectivity index (χ0v) is 12.7. The van der Waals surface area contributed by atoms with Crippen LogP contribution in [0.5, 0.6) is 0 Å². The van der Waals surface area contributed by atoms with Crippen molar-refractivity contribution in [2.45, 2.75) is 70.9 Å². The Balaban J connectivity index is 2.45. The molecule has 4 heteroatoms. The Hall–Kier alpha value is -0.610. The van der Waals surface area contributed by atoms with E-state index in [1.165, 1.54) is 0 Å². The molecule has 0 spiro atoms. The lowest BCUT2D eigenvalue weighted by atomic mass is 9.85. The SMILES string of the molecule is CCC1(CC)CC(NC(=O)C(C)CCCN)CCO1. The molecular weight excluding hydrogens is 240 g/mol. The fourth-order valence-electron chi connectivity index (χ4n) is 2.79. The van der Waals surface area contributed by atoms with Crippen LogP contribution in [0.1, 0.15) is 59.3 Å². The van der Waals surface area contributed by atoms with Crippen LogP contribution < -0.4 is 11.1 Å². The van der Waals surface area contributed by atoms with Crippen LogP contribution in [0.4, 0.5) is 0 Å². The third-order valence-electron chi connectivity index (χ3n) is 4.42. The minimum atomic E-state index is -0.0311. The maximum Gasteiger partial charge on any atom is 0.223 e. The summed E-state index contributed by atoms with van der Waals surface area (Å²) in [6.45, 7) is 7.72.